The molecule has 0 radical (unpaired) electrons. The van der Waals surface area contributed by atoms with E-state index in [1.54, 1.807) is 19.9 Å². The standard InChI is InChI=1S/C14H14BrFN2O2S/c1-8-5-11(17)7-14(9(8)2)21(19,20)18-13-4-3-10(16)6-12(13)15/h3-7,18H,17H2,1-2H3. The van der Waals surface area contributed by atoms with Gasteiger partial charge < -0.3 is 5.73 Å². The largest absolute Gasteiger partial charge is 0.399 e. The first-order valence-corrected chi connectivity index (χ1v) is 8.33. The third-order valence-electron chi connectivity index (χ3n) is 3.11. The van der Waals surface area contributed by atoms with Crippen LogP contribution >= 0.6 is 15.9 Å². The maximum absolute atomic E-state index is 13.0. The summed E-state index contributed by atoms with van der Waals surface area (Å²) in [6.07, 6.45) is 0. The highest BCUT2D eigenvalue weighted by Gasteiger charge is 2.20. The SMILES string of the molecule is Cc1cc(N)cc(S(=O)(=O)Nc2ccc(F)cc2Br)c1C. The molecule has 0 amide bonds. The number of anilines is 2. The van der Waals surface area contributed by atoms with Crippen molar-refractivity contribution in [3.05, 3.63) is 51.7 Å². The van der Waals surface area contributed by atoms with Crippen molar-refractivity contribution >= 4 is 37.3 Å². The van der Waals surface area contributed by atoms with E-state index in [2.05, 4.69) is 20.7 Å². The summed E-state index contributed by atoms with van der Waals surface area (Å²) in [4.78, 5) is 0.108. The lowest BCUT2D eigenvalue weighted by Crippen LogP contribution is -2.15. The summed E-state index contributed by atoms with van der Waals surface area (Å²) in [6.45, 7) is 3.50. The molecule has 21 heavy (non-hydrogen) atoms. The van der Waals surface area contributed by atoms with Gasteiger partial charge in [0, 0.05) is 10.2 Å². The summed E-state index contributed by atoms with van der Waals surface area (Å²) >= 11 is 3.13. The predicted octanol–water partition coefficient (Wildman–Crippen LogP) is 3.59. The molecule has 3 N–H and O–H groups in total. The lowest BCUT2D eigenvalue weighted by molar-refractivity contribution is 0.600. The monoisotopic (exact) mass is 372 g/mol. The first kappa shape index (κ1) is 15.8. The molecule has 0 fully saturated rings. The summed E-state index contributed by atoms with van der Waals surface area (Å²) in [5.41, 5.74) is 7.76. The van der Waals surface area contributed by atoms with Crippen LogP contribution < -0.4 is 10.5 Å². The molecule has 0 atom stereocenters. The number of sulfonamides is 1. The van der Waals surface area contributed by atoms with Gasteiger partial charge in [-0.05, 0) is 71.2 Å². The molecule has 112 valence electrons. The van der Waals surface area contributed by atoms with Crippen molar-refractivity contribution in [2.45, 2.75) is 18.7 Å². The molecule has 2 aromatic rings. The van der Waals surface area contributed by atoms with Gasteiger partial charge in [0.25, 0.3) is 10.0 Å². The molecule has 0 saturated heterocycles. The van der Waals surface area contributed by atoms with Gasteiger partial charge in [0.15, 0.2) is 0 Å². The fraction of sp³-hybridized carbons (Fsp3) is 0.143. The summed E-state index contributed by atoms with van der Waals surface area (Å²) < 4.78 is 40.8. The van der Waals surface area contributed by atoms with Gasteiger partial charge >= 0.3 is 0 Å². The number of halogens is 2. The van der Waals surface area contributed by atoms with Gasteiger partial charge in [-0.1, -0.05) is 0 Å². The highest BCUT2D eigenvalue weighted by molar-refractivity contribution is 9.10. The topological polar surface area (TPSA) is 72.2 Å². The average molecular weight is 373 g/mol. The van der Waals surface area contributed by atoms with Crippen LogP contribution in [0, 0.1) is 19.7 Å². The summed E-state index contributed by atoms with van der Waals surface area (Å²) in [5, 5.41) is 0. The van der Waals surface area contributed by atoms with Crippen molar-refractivity contribution in [2.24, 2.45) is 0 Å². The molecule has 7 heteroatoms. The minimum atomic E-state index is -3.81. The Hall–Kier alpha value is -1.60. The van der Waals surface area contributed by atoms with Crippen LogP contribution in [-0.4, -0.2) is 8.42 Å². The van der Waals surface area contributed by atoms with Crippen LogP contribution in [0.15, 0.2) is 39.7 Å². The molecule has 0 aliphatic heterocycles. The quantitative estimate of drug-likeness (QED) is 0.808. The molecule has 0 spiro atoms. The summed E-state index contributed by atoms with van der Waals surface area (Å²) in [7, 11) is -3.81. The highest BCUT2D eigenvalue weighted by atomic mass is 79.9. The molecule has 0 aliphatic carbocycles. The second-order valence-electron chi connectivity index (χ2n) is 4.69. The molecule has 0 aliphatic rings. The first-order valence-electron chi connectivity index (χ1n) is 6.05. The van der Waals surface area contributed by atoms with Crippen molar-refractivity contribution in [2.75, 3.05) is 10.5 Å². The van der Waals surface area contributed by atoms with Crippen molar-refractivity contribution in [3.8, 4) is 0 Å². The Bertz CT molecular complexity index is 807. The zero-order valence-electron chi connectivity index (χ0n) is 11.4. The fourth-order valence-corrected chi connectivity index (χ4v) is 3.92. The Labute approximate surface area is 131 Å². The van der Waals surface area contributed by atoms with Crippen LogP contribution in [0.3, 0.4) is 0 Å². The van der Waals surface area contributed by atoms with E-state index in [1.807, 2.05) is 0 Å². The molecule has 4 nitrogen and oxygen atoms in total. The predicted molar refractivity (Wildman–Crippen MR) is 85.2 cm³/mol. The Morgan fingerprint density at radius 2 is 1.86 bits per heavy atom. The summed E-state index contributed by atoms with van der Waals surface area (Å²) in [5.74, 6) is -0.458. The van der Waals surface area contributed by atoms with E-state index in [0.29, 0.717) is 15.7 Å². The minimum absolute atomic E-state index is 0.108. The summed E-state index contributed by atoms with van der Waals surface area (Å²) in [6, 6.07) is 6.84. The number of nitrogens with two attached hydrogens (primary N) is 1. The number of rotatable bonds is 3. The fourth-order valence-electron chi connectivity index (χ4n) is 1.90. The third kappa shape index (κ3) is 3.36. The maximum atomic E-state index is 13.0. The maximum Gasteiger partial charge on any atom is 0.262 e. The number of aryl methyl sites for hydroxylation is 1. The van der Waals surface area contributed by atoms with Gasteiger partial charge in [0.05, 0.1) is 10.6 Å². The molecule has 0 bridgehead atoms. The van der Waals surface area contributed by atoms with E-state index in [1.165, 1.54) is 24.3 Å². The van der Waals surface area contributed by atoms with E-state index < -0.39 is 15.8 Å². The normalized spacial score (nSPS) is 11.4. The zero-order chi connectivity index (χ0) is 15.8. The van der Waals surface area contributed by atoms with E-state index in [0.717, 1.165) is 5.56 Å². The minimum Gasteiger partial charge on any atom is -0.399 e. The average Bonchev–Trinajstić information content (AvgIpc) is 2.37. The third-order valence-corrected chi connectivity index (χ3v) is 5.25. The number of benzene rings is 2. The molecular formula is C14H14BrFN2O2S. The van der Waals surface area contributed by atoms with E-state index >= 15 is 0 Å². The van der Waals surface area contributed by atoms with Gasteiger partial charge in [0.1, 0.15) is 5.82 Å². The van der Waals surface area contributed by atoms with Crippen LogP contribution in [0.25, 0.3) is 0 Å². The lowest BCUT2D eigenvalue weighted by atomic mass is 10.1. The van der Waals surface area contributed by atoms with Gasteiger partial charge in [-0.15, -0.1) is 0 Å². The van der Waals surface area contributed by atoms with Crippen LogP contribution in [0.5, 0.6) is 0 Å². The van der Waals surface area contributed by atoms with Gasteiger partial charge in [-0.25, -0.2) is 12.8 Å². The number of hydrogen-bond donors (Lipinski definition) is 2. The lowest BCUT2D eigenvalue weighted by Gasteiger charge is -2.14. The van der Waals surface area contributed by atoms with Crippen LogP contribution in [0.2, 0.25) is 0 Å². The van der Waals surface area contributed by atoms with Crippen molar-refractivity contribution in [1.82, 2.24) is 0 Å². The van der Waals surface area contributed by atoms with Gasteiger partial charge in [-0.3, -0.25) is 4.72 Å². The molecule has 0 saturated carbocycles. The zero-order valence-corrected chi connectivity index (χ0v) is 13.8. The highest BCUT2D eigenvalue weighted by Crippen LogP contribution is 2.28. The van der Waals surface area contributed by atoms with E-state index in [9.17, 15) is 12.8 Å². The van der Waals surface area contributed by atoms with Crippen molar-refractivity contribution in [3.63, 3.8) is 0 Å². The second-order valence-corrected chi connectivity index (χ2v) is 7.20. The molecule has 0 aromatic heterocycles. The van der Waals surface area contributed by atoms with Gasteiger partial charge in [0.2, 0.25) is 0 Å². The molecule has 2 aromatic carbocycles. The van der Waals surface area contributed by atoms with Crippen LogP contribution in [-0.2, 0) is 10.0 Å². The first-order chi connectivity index (χ1) is 9.70. The van der Waals surface area contributed by atoms with E-state index in [-0.39, 0.29) is 10.6 Å². The van der Waals surface area contributed by atoms with Gasteiger partial charge in [-0.2, -0.15) is 0 Å². The van der Waals surface area contributed by atoms with Crippen molar-refractivity contribution in [1.29, 1.82) is 0 Å². The molecule has 2 rings (SSSR count). The van der Waals surface area contributed by atoms with Crippen LogP contribution in [0.4, 0.5) is 15.8 Å². The smallest absolute Gasteiger partial charge is 0.262 e. The second kappa shape index (κ2) is 5.65. The van der Waals surface area contributed by atoms with Crippen LogP contribution in [0.1, 0.15) is 11.1 Å². The Balaban J connectivity index is 2.48. The molecular weight excluding hydrogens is 359 g/mol. The molecule has 0 heterocycles. The Morgan fingerprint density at radius 3 is 2.48 bits per heavy atom. The Kier molecular flexibility index (Phi) is 4.25. The Morgan fingerprint density at radius 1 is 1.19 bits per heavy atom. The molecule has 0 unspecified atom stereocenters. The van der Waals surface area contributed by atoms with E-state index in [4.69, 9.17) is 5.73 Å². The van der Waals surface area contributed by atoms with Crippen molar-refractivity contribution < 1.29 is 12.8 Å². The number of nitrogens with one attached hydrogen (secondary N) is 1. The number of hydrogen-bond acceptors (Lipinski definition) is 3. The number of nitrogen functional groups attached to an aromatic ring is 1.